The van der Waals surface area contributed by atoms with Gasteiger partial charge in [-0.15, -0.1) is 0 Å². The third kappa shape index (κ3) is 4.52. The van der Waals surface area contributed by atoms with Crippen LogP contribution in [0.4, 0.5) is 19.0 Å². The number of pyridine rings is 1. The fourth-order valence-electron chi connectivity index (χ4n) is 1.13. The quantitative estimate of drug-likeness (QED) is 0.904. The van der Waals surface area contributed by atoms with Crippen LogP contribution in [0.1, 0.15) is 25.3 Å². The molecule has 1 aromatic rings. The lowest BCUT2D eigenvalue weighted by molar-refractivity contribution is -0.137. The Bertz CT molecular complexity index is 441. The number of anilines is 1. The largest absolute Gasteiger partial charge is 0.417 e. The van der Waals surface area contributed by atoms with E-state index >= 15 is 0 Å². The van der Waals surface area contributed by atoms with Crippen molar-refractivity contribution in [1.82, 2.24) is 4.98 Å². The number of halogens is 3. The van der Waals surface area contributed by atoms with Crippen molar-refractivity contribution in [3.8, 4) is 0 Å². The van der Waals surface area contributed by atoms with Crippen molar-refractivity contribution < 1.29 is 22.8 Å². The highest BCUT2D eigenvalue weighted by Crippen LogP contribution is 2.28. The molecule has 0 radical (unpaired) electrons. The summed E-state index contributed by atoms with van der Waals surface area (Å²) >= 11 is 0. The van der Waals surface area contributed by atoms with E-state index in [2.05, 4.69) is 10.3 Å². The van der Waals surface area contributed by atoms with Gasteiger partial charge in [-0.25, -0.2) is 4.98 Å². The molecule has 1 heterocycles. The number of nitrogens with zero attached hydrogens (tertiary/aromatic N) is 1. The highest BCUT2D eigenvalue weighted by Gasteiger charge is 2.30. The van der Waals surface area contributed by atoms with Gasteiger partial charge in [0.1, 0.15) is 11.6 Å². The van der Waals surface area contributed by atoms with Crippen molar-refractivity contribution in [2.45, 2.75) is 25.9 Å². The minimum Gasteiger partial charge on any atom is -0.311 e. The van der Waals surface area contributed by atoms with Crippen LogP contribution in [0.5, 0.6) is 0 Å². The van der Waals surface area contributed by atoms with E-state index in [9.17, 15) is 22.8 Å². The number of hydrogen-bond donors (Lipinski definition) is 1. The molecular formula is C11H11F3N2O2. The van der Waals surface area contributed by atoms with Gasteiger partial charge in [-0.1, -0.05) is 0 Å². The standard InChI is InChI=1S/C11H11F3N2O2/c1-7(17)2-5-10(18)16-9-4-3-8(6-15-9)11(12,13)14/h3-4,6H,2,5H2,1H3,(H,15,16,18). The molecular weight excluding hydrogens is 249 g/mol. The molecule has 0 aliphatic rings. The Morgan fingerprint density at radius 3 is 2.39 bits per heavy atom. The van der Waals surface area contributed by atoms with E-state index < -0.39 is 17.6 Å². The van der Waals surface area contributed by atoms with E-state index in [0.29, 0.717) is 6.20 Å². The minimum absolute atomic E-state index is 0.0158. The van der Waals surface area contributed by atoms with Crippen LogP contribution >= 0.6 is 0 Å². The first-order valence-corrected chi connectivity index (χ1v) is 5.11. The van der Waals surface area contributed by atoms with Crippen molar-refractivity contribution in [3.05, 3.63) is 23.9 Å². The Labute approximate surface area is 101 Å². The highest BCUT2D eigenvalue weighted by molar-refractivity contribution is 5.92. The van der Waals surface area contributed by atoms with Crippen LogP contribution in [0.3, 0.4) is 0 Å². The van der Waals surface area contributed by atoms with Crippen LogP contribution in [0.2, 0.25) is 0 Å². The number of amides is 1. The summed E-state index contributed by atoms with van der Waals surface area (Å²) in [5.41, 5.74) is -0.885. The fourth-order valence-corrected chi connectivity index (χ4v) is 1.13. The molecule has 1 aromatic heterocycles. The molecule has 0 saturated carbocycles. The first-order valence-electron chi connectivity index (χ1n) is 5.11. The van der Waals surface area contributed by atoms with Crippen LogP contribution in [-0.2, 0) is 15.8 Å². The maximum Gasteiger partial charge on any atom is 0.417 e. The summed E-state index contributed by atoms with van der Waals surface area (Å²) in [7, 11) is 0. The average Bonchev–Trinajstić information content (AvgIpc) is 2.26. The van der Waals surface area contributed by atoms with Gasteiger partial charge in [-0.05, 0) is 19.1 Å². The molecule has 0 aliphatic heterocycles. The Hall–Kier alpha value is -1.92. The maximum atomic E-state index is 12.2. The van der Waals surface area contributed by atoms with Gasteiger partial charge >= 0.3 is 6.18 Å². The second kappa shape index (κ2) is 5.61. The fraction of sp³-hybridized carbons (Fsp3) is 0.364. The normalized spacial score (nSPS) is 11.1. The summed E-state index contributed by atoms with van der Waals surface area (Å²) in [4.78, 5) is 25.4. The summed E-state index contributed by atoms with van der Waals surface area (Å²) in [6, 6.07) is 1.89. The second-order valence-electron chi connectivity index (χ2n) is 3.68. The molecule has 7 heteroatoms. The van der Waals surface area contributed by atoms with Crippen LogP contribution in [0, 0.1) is 0 Å². The van der Waals surface area contributed by atoms with Crippen molar-refractivity contribution in [3.63, 3.8) is 0 Å². The minimum atomic E-state index is -4.45. The van der Waals surface area contributed by atoms with Crippen LogP contribution in [0.25, 0.3) is 0 Å². The predicted octanol–water partition coefficient (Wildman–Crippen LogP) is 2.41. The summed E-state index contributed by atoms with van der Waals surface area (Å²) in [5, 5.41) is 2.31. The summed E-state index contributed by atoms with van der Waals surface area (Å²) < 4.78 is 36.7. The van der Waals surface area contributed by atoms with E-state index in [1.54, 1.807) is 0 Å². The van der Waals surface area contributed by atoms with Crippen molar-refractivity contribution >= 4 is 17.5 Å². The van der Waals surface area contributed by atoms with Crippen molar-refractivity contribution in [1.29, 1.82) is 0 Å². The summed E-state index contributed by atoms with van der Waals surface area (Å²) in [6.07, 6.45) is -3.74. The number of carbonyl (C=O) groups excluding carboxylic acids is 2. The molecule has 0 fully saturated rings. The lowest BCUT2D eigenvalue weighted by Crippen LogP contribution is -2.14. The van der Waals surface area contributed by atoms with Gasteiger partial charge < -0.3 is 10.1 Å². The molecule has 1 N–H and O–H groups in total. The molecule has 0 atom stereocenters. The first-order chi connectivity index (χ1) is 8.29. The average molecular weight is 260 g/mol. The second-order valence-corrected chi connectivity index (χ2v) is 3.68. The smallest absolute Gasteiger partial charge is 0.311 e. The van der Waals surface area contributed by atoms with Gasteiger partial charge in [-0.2, -0.15) is 13.2 Å². The Morgan fingerprint density at radius 1 is 1.28 bits per heavy atom. The molecule has 98 valence electrons. The number of aromatic nitrogens is 1. The molecule has 0 unspecified atom stereocenters. The SMILES string of the molecule is CC(=O)CCC(=O)Nc1ccc(C(F)(F)F)cn1. The molecule has 4 nitrogen and oxygen atoms in total. The number of alkyl halides is 3. The predicted molar refractivity (Wildman–Crippen MR) is 57.8 cm³/mol. The molecule has 0 aliphatic carbocycles. The lowest BCUT2D eigenvalue weighted by Gasteiger charge is -2.07. The third-order valence-corrected chi connectivity index (χ3v) is 2.06. The molecule has 0 saturated heterocycles. The molecule has 0 aromatic carbocycles. The molecule has 0 bridgehead atoms. The molecule has 0 spiro atoms. The number of hydrogen-bond acceptors (Lipinski definition) is 3. The maximum absolute atomic E-state index is 12.2. The van der Waals surface area contributed by atoms with Crippen LogP contribution in [0.15, 0.2) is 18.3 Å². The molecule has 1 amide bonds. The van der Waals surface area contributed by atoms with E-state index in [4.69, 9.17) is 0 Å². The van der Waals surface area contributed by atoms with Gasteiger partial charge in [0.25, 0.3) is 0 Å². The molecule has 1 rings (SSSR count). The number of carbonyl (C=O) groups is 2. The lowest BCUT2D eigenvalue weighted by atomic mass is 10.2. The van der Waals surface area contributed by atoms with E-state index in [-0.39, 0.29) is 24.4 Å². The number of Topliss-reactive ketones (excluding diaryl/α,β-unsaturated/α-hetero) is 1. The zero-order chi connectivity index (χ0) is 13.8. The monoisotopic (exact) mass is 260 g/mol. The van der Waals surface area contributed by atoms with E-state index in [1.165, 1.54) is 6.92 Å². The van der Waals surface area contributed by atoms with Crippen LogP contribution in [-0.4, -0.2) is 16.7 Å². The summed E-state index contributed by atoms with van der Waals surface area (Å²) in [5.74, 6) is -0.570. The van der Waals surface area contributed by atoms with Gasteiger partial charge in [-0.3, -0.25) is 4.79 Å². The number of rotatable bonds is 4. The Balaban J connectivity index is 2.59. The third-order valence-electron chi connectivity index (χ3n) is 2.06. The van der Waals surface area contributed by atoms with Gasteiger partial charge in [0.15, 0.2) is 0 Å². The summed E-state index contributed by atoms with van der Waals surface area (Å²) in [6.45, 7) is 1.35. The van der Waals surface area contributed by atoms with Crippen LogP contribution < -0.4 is 5.32 Å². The topological polar surface area (TPSA) is 59.1 Å². The Morgan fingerprint density at radius 2 is 1.94 bits per heavy atom. The van der Waals surface area contributed by atoms with E-state index in [1.807, 2.05) is 0 Å². The van der Waals surface area contributed by atoms with Gasteiger partial charge in [0, 0.05) is 19.0 Å². The Kier molecular flexibility index (Phi) is 4.41. The van der Waals surface area contributed by atoms with E-state index in [0.717, 1.165) is 12.1 Å². The first kappa shape index (κ1) is 14.1. The van der Waals surface area contributed by atoms with Crippen molar-refractivity contribution in [2.24, 2.45) is 0 Å². The molecule has 18 heavy (non-hydrogen) atoms. The highest BCUT2D eigenvalue weighted by atomic mass is 19.4. The van der Waals surface area contributed by atoms with Gasteiger partial charge in [0.05, 0.1) is 5.56 Å². The van der Waals surface area contributed by atoms with Gasteiger partial charge in [0.2, 0.25) is 5.91 Å². The zero-order valence-electron chi connectivity index (χ0n) is 9.54. The number of nitrogens with one attached hydrogen (secondary N) is 1. The zero-order valence-corrected chi connectivity index (χ0v) is 9.54. The van der Waals surface area contributed by atoms with Crippen molar-refractivity contribution in [2.75, 3.05) is 5.32 Å². The number of ketones is 1.